The molecule has 2 aromatic heterocycles. The maximum Gasteiger partial charge on any atom is 0.135 e. The third kappa shape index (κ3) is 3.46. The minimum Gasteiger partial charge on any atom is -0.383 e. The van der Waals surface area contributed by atoms with E-state index >= 15 is 0 Å². The lowest BCUT2D eigenvalue weighted by atomic mass is 10.2. The van der Waals surface area contributed by atoms with E-state index in [1.807, 2.05) is 19.4 Å². The molecule has 6 heteroatoms. The molecule has 0 aromatic carbocycles. The van der Waals surface area contributed by atoms with Crippen molar-refractivity contribution in [3.8, 4) is 0 Å². The Kier molecular flexibility index (Phi) is 4.55. The van der Waals surface area contributed by atoms with E-state index < -0.39 is 0 Å². The zero-order valence-electron chi connectivity index (χ0n) is 12.3. The van der Waals surface area contributed by atoms with Gasteiger partial charge in [0.1, 0.15) is 17.5 Å². The molecule has 0 amide bonds. The number of hydrogen-bond donors (Lipinski definition) is 2. The van der Waals surface area contributed by atoms with Gasteiger partial charge < -0.3 is 15.6 Å². The smallest absolute Gasteiger partial charge is 0.135 e. The predicted molar refractivity (Wildman–Crippen MR) is 80.6 cm³/mol. The van der Waals surface area contributed by atoms with Crippen molar-refractivity contribution >= 4 is 11.6 Å². The molecule has 0 unspecified atom stereocenters. The van der Waals surface area contributed by atoms with Crippen LogP contribution < -0.4 is 11.1 Å². The maximum absolute atomic E-state index is 5.94. The first-order valence-corrected chi connectivity index (χ1v) is 6.91. The molecule has 108 valence electrons. The molecule has 0 spiro atoms. The van der Waals surface area contributed by atoms with Gasteiger partial charge in [-0.1, -0.05) is 13.8 Å². The van der Waals surface area contributed by atoms with Crippen molar-refractivity contribution in [3.05, 3.63) is 30.1 Å². The average Bonchev–Trinajstić information content (AvgIpc) is 2.92. The first-order chi connectivity index (χ1) is 9.58. The van der Waals surface area contributed by atoms with Gasteiger partial charge >= 0.3 is 0 Å². The highest BCUT2D eigenvalue weighted by molar-refractivity contribution is 5.54. The molecule has 2 aromatic rings. The lowest BCUT2D eigenvalue weighted by molar-refractivity contribution is 0.659. The molecular formula is C14H22N6. The van der Waals surface area contributed by atoms with Crippen molar-refractivity contribution in [1.82, 2.24) is 19.5 Å². The topological polar surface area (TPSA) is 81.6 Å². The van der Waals surface area contributed by atoms with E-state index in [1.54, 1.807) is 6.20 Å². The zero-order chi connectivity index (χ0) is 14.5. The van der Waals surface area contributed by atoms with E-state index in [2.05, 4.69) is 38.7 Å². The molecule has 6 nitrogen and oxygen atoms in total. The second-order valence-corrected chi connectivity index (χ2v) is 5.18. The van der Waals surface area contributed by atoms with Crippen LogP contribution in [0.5, 0.6) is 0 Å². The van der Waals surface area contributed by atoms with E-state index in [4.69, 9.17) is 5.73 Å². The van der Waals surface area contributed by atoms with Gasteiger partial charge in [-0.25, -0.2) is 15.0 Å². The number of aromatic nitrogens is 4. The Bertz CT molecular complexity index is 547. The number of anilines is 2. The molecule has 2 heterocycles. The van der Waals surface area contributed by atoms with Crippen LogP contribution in [0.2, 0.25) is 0 Å². The SMILES string of the molecule is Cc1c(N)nc(C(C)C)nc1NCCCn1ccnc1. The Morgan fingerprint density at radius 1 is 1.35 bits per heavy atom. The maximum atomic E-state index is 5.94. The van der Waals surface area contributed by atoms with Crippen molar-refractivity contribution in [2.24, 2.45) is 0 Å². The lowest BCUT2D eigenvalue weighted by Gasteiger charge is -2.13. The summed E-state index contributed by atoms with van der Waals surface area (Å²) >= 11 is 0. The average molecular weight is 274 g/mol. The van der Waals surface area contributed by atoms with Crippen LogP contribution in [0.1, 0.15) is 37.6 Å². The van der Waals surface area contributed by atoms with Crippen LogP contribution in [0.3, 0.4) is 0 Å². The second-order valence-electron chi connectivity index (χ2n) is 5.18. The van der Waals surface area contributed by atoms with Gasteiger partial charge in [0, 0.05) is 37.0 Å². The second kappa shape index (κ2) is 6.36. The Hall–Kier alpha value is -2.11. The van der Waals surface area contributed by atoms with E-state index in [9.17, 15) is 0 Å². The van der Waals surface area contributed by atoms with E-state index in [0.29, 0.717) is 5.82 Å². The first kappa shape index (κ1) is 14.3. The third-order valence-corrected chi connectivity index (χ3v) is 3.16. The zero-order valence-corrected chi connectivity index (χ0v) is 12.3. The number of nitrogens with one attached hydrogen (secondary N) is 1. The predicted octanol–water partition coefficient (Wildman–Crippen LogP) is 2.19. The molecule has 0 aliphatic carbocycles. The van der Waals surface area contributed by atoms with Gasteiger partial charge in [-0.2, -0.15) is 0 Å². The number of nitrogens with two attached hydrogens (primary N) is 1. The highest BCUT2D eigenvalue weighted by Crippen LogP contribution is 2.20. The summed E-state index contributed by atoms with van der Waals surface area (Å²) in [5.41, 5.74) is 6.85. The van der Waals surface area contributed by atoms with Crippen molar-refractivity contribution in [1.29, 1.82) is 0 Å². The Labute approximate surface area is 119 Å². The van der Waals surface area contributed by atoms with Gasteiger partial charge in [0.25, 0.3) is 0 Å². The number of nitrogens with zero attached hydrogens (tertiary/aromatic N) is 4. The lowest BCUT2D eigenvalue weighted by Crippen LogP contribution is -2.12. The van der Waals surface area contributed by atoms with Crippen LogP contribution in [0.4, 0.5) is 11.6 Å². The molecule has 0 radical (unpaired) electrons. The van der Waals surface area contributed by atoms with E-state index in [1.165, 1.54) is 0 Å². The van der Waals surface area contributed by atoms with Gasteiger partial charge in [-0.15, -0.1) is 0 Å². The molecule has 0 saturated heterocycles. The number of aryl methyl sites for hydroxylation is 1. The summed E-state index contributed by atoms with van der Waals surface area (Å²) in [6.45, 7) is 7.84. The van der Waals surface area contributed by atoms with Gasteiger partial charge in [-0.3, -0.25) is 0 Å². The van der Waals surface area contributed by atoms with Crippen LogP contribution in [-0.2, 0) is 6.54 Å². The monoisotopic (exact) mass is 274 g/mol. The molecule has 0 saturated carbocycles. The van der Waals surface area contributed by atoms with Crippen molar-refractivity contribution in [3.63, 3.8) is 0 Å². The van der Waals surface area contributed by atoms with Crippen molar-refractivity contribution in [2.45, 2.75) is 39.7 Å². The summed E-state index contributed by atoms with van der Waals surface area (Å²) in [5, 5.41) is 3.35. The molecule has 20 heavy (non-hydrogen) atoms. The third-order valence-electron chi connectivity index (χ3n) is 3.16. The summed E-state index contributed by atoms with van der Waals surface area (Å²) < 4.78 is 2.06. The molecule has 0 aliphatic heterocycles. The highest BCUT2D eigenvalue weighted by Gasteiger charge is 2.10. The largest absolute Gasteiger partial charge is 0.383 e. The fourth-order valence-corrected chi connectivity index (χ4v) is 1.87. The van der Waals surface area contributed by atoms with Crippen molar-refractivity contribution < 1.29 is 0 Å². The minimum absolute atomic E-state index is 0.268. The number of imidazole rings is 1. The number of hydrogen-bond acceptors (Lipinski definition) is 5. The Morgan fingerprint density at radius 3 is 2.80 bits per heavy atom. The molecule has 2 rings (SSSR count). The fourth-order valence-electron chi connectivity index (χ4n) is 1.87. The summed E-state index contributed by atoms with van der Waals surface area (Å²) in [6, 6.07) is 0. The standard InChI is InChI=1S/C14H22N6/c1-10(2)13-18-12(15)11(3)14(19-13)17-5-4-7-20-8-6-16-9-20/h6,8-10H,4-5,7H2,1-3H3,(H3,15,17,18,19). The normalized spacial score (nSPS) is 11.0. The molecular weight excluding hydrogens is 252 g/mol. The van der Waals surface area contributed by atoms with Crippen LogP contribution >= 0.6 is 0 Å². The van der Waals surface area contributed by atoms with E-state index in [-0.39, 0.29) is 5.92 Å². The van der Waals surface area contributed by atoms with Gasteiger partial charge in [0.05, 0.1) is 6.33 Å². The minimum atomic E-state index is 0.268. The Balaban J connectivity index is 1.94. The van der Waals surface area contributed by atoms with Crippen molar-refractivity contribution in [2.75, 3.05) is 17.6 Å². The fraction of sp³-hybridized carbons (Fsp3) is 0.500. The van der Waals surface area contributed by atoms with E-state index in [0.717, 1.165) is 36.7 Å². The van der Waals surface area contributed by atoms with Gasteiger partial charge in [-0.05, 0) is 13.3 Å². The van der Waals surface area contributed by atoms with Gasteiger partial charge in [0.15, 0.2) is 0 Å². The summed E-state index contributed by atoms with van der Waals surface area (Å²) in [5.74, 6) is 2.45. The molecule has 3 N–H and O–H groups in total. The molecule has 0 aliphatic rings. The van der Waals surface area contributed by atoms with Gasteiger partial charge in [0.2, 0.25) is 0 Å². The molecule has 0 fully saturated rings. The van der Waals surface area contributed by atoms with Crippen LogP contribution in [0.25, 0.3) is 0 Å². The first-order valence-electron chi connectivity index (χ1n) is 6.91. The summed E-state index contributed by atoms with van der Waals surface area (Å²) in [7, 11) is 0. The quantitative estimate of drug-likeness (QED) is 0.789. The Morgan fingerprint density at radius 2 is 2.15 bits per heavy atom. The molecule has 0 bridgehead atoms. The number of rotatable bonds is 6. The van der Waals surface area contributed by atoms with Crippen LogP contribution in [-0.4, -0.2) is 26.1 Å². The summed E-state index contributed by atoms with van der Waals surface area (Å²) in [6.07, 6.45) is 6.57. The highest BCUT2D eigenvalue weighted by atomic mass is 15.1. The van der Waals surface area contributed by atoms with Crippen LogP contribution in [0.15, 0.2) is 18.7 Å². The van der Waals surface area contributed by atoms with Crippen LogP contribution in [0, 0.1) is 6.92 Å². The molecule has 0 atom stereocenters. The summed E-state index contributed by atoms with van der Waals surface area (Å²) in [4.78, 5) is 12.9. The number of nitrogen functional groups attached to an aromatic ring is 1.